The van der Waals surface area contributed by atoms with Gasteiger partial charge in [-0.25, -0.2) is 4.79 Å². The highest BCUT2D eigenvalue weighted by Gasteiger charge is 2.34. The number of para-hydroxylation sites is 1. The minimum atomic E-state index is -4.60. The molecule has 0 atom stereocenters. The number of fused-ring (bicyclic) bond motifs is 1. The first-order valence-electron chi connectivity index (χ1n) is 5.90. The zero-order chi connectivity index (χ0) is 16.1. The molecule has 0 saturated heterocycles. The Bertz CT molecular complexity index is 987. The van der Waals surface area contributed by atoms with Crippen LogP contribution in [0.25, 0.3) is 15.9 Å². The summed E-state index contributed by atoms with van der Waals surface area (Å²) in [6, 6.07) is 6.96. The third kappa shape index (κ3) is 2.34. The first-order valence-corrected chi connectivity index (χ1v) is 7.09. The van der Waals surface area contributed by atoms with Crippen molar-refractivity contribution in [2.45, 2.75) is 6.18 Å². The van der Waals surface area contributed by atoms with Gasteiger partial charge in [-0.3, -0.25) is 14.3 Å². The summed E-state index contributed by atoms with van der Waals surface area (Å²) in [5.74, 6) is 0. The molecule has 22 heavy (non-hydrogen) atoms. The van der Waals surface area contributed by atoms with Crippen molar-refractivity contribution in [2.24, 2.45) is 0 Å². The number of alkyl halides is 3. The second-order valence-corrected chi connectivity index (χ2v) is 5.83. The summed E-state index contributed by atoms with van der Waals surface area (Å²) in [5, 5.41) is 0.178. The minimum absolute atomic E-state index is 0.126. The van der Waals surface area contributed by atoms with Gasteiger partial charge in [0.25, 0.3) is 5.56 Å². The van der Waals surface area contributed by atoms with Crippen LogP contribution in [0, 0.1) is 0 Å². The smallest absolute Gasteiger partial charge is 0.272 e. The number of aromatic nitrogens is 2. The van der Waals surface area contributed by atoms with Gasteiger partial charge in [0.2, 0.25) is 0 Å². The van der Waals surface area contributed by atoms with Crippen molar-refractivity contribution < 1.29 is 13.2 Å². The number of halogens is 4. The number of hydrogen-bond donors (Lipinski definition) is 1. The van der Waals surface area contributed by atoms with Gasteiger partial charge in [-0.1, -0.05) is 23.7 Å². The number of nitrogens with zero attached hydrogens (tertiary/aromatic N) is 1. The lowest BCUT2D eigenvalue weighted by atomic mass is 10.3. The Morgan fingerprint density at radius 3 is 2.50 bits per heavy atom. The average Bonchev–Trinajstić information content (AvgIpc) is 2.86. The summed E-state index contributed by atoms with van der Waals surface area (Å²) in [6.45, 7) is 0. The molecule has 0 spiro atoms. The zero-order valence-electron chi connectivity index (χ0n) is 10.6. The van der Waals surface area contributed by atoms with Crippen molar-refractivity contribution in [1.82, 2.24) is 9.55 Å². The number of benzene rings is 1. The normalized spacial score (nSPS) is 12.0. The molecule has 2 heterocycles. The molecule has 9 heteroatoms. The lowest BCUT2D eigenvalue weighted by molar-refractivity contribution is -0.134. The average molecular weight is 347 g/mol. The fourth-order valence-corrected chi connectivity index (χ4v) is 3.17. The Kier molecular flexibility index (Phi) is 3.37. The molecule has 0 unspecified atom stereocenters. The fourth-order valence-electron chi connectivity index (χ4n) is 2.04. The maximum Gasteiger partial charge on any atom is 0.425 e. The summed E-state index contributed by atoms with van der Waals surface area (Å²) in [5.41, 5.74) is -1.64. The summed E-state index contributed by atoms with van der Waals surface area (Å²) < 4.78 is 39.3. The summed E-state index contributed by atoms with van der Waals surface area (Å²) in [4.78, 5) is 24.8. The van der Waals surface area contributed by atoms with Crippen molar-refractivity contribution in [3.63, 3.8) is 0 Å². The minimum Gasteiger partial charge on any atom is -0.272 e. The molecule has 0 aliphatic rings. The van der Waals surface area contributed by atoms with Gasteiger partial charge in [0.15, 0.2) is 0 Å². The second kappa shape index (κ2) is 4.99. The lowest BCUT2D eigenvalue weighted by Gasteiger charge is -2.08. The molecule has 3 rings (SSSR count). The van der Waals surface area contributed by atoms with Gasteiger partial charge >= 0.3 is 11.9 Å². The van der Waals surface area contributed by atoms with Crippen LogP contribution in [0.3, 0.4) is 0 Å². The van der Waals surface area contributed by atoms with Crippen LogP contribution in [0.1, 0.15) is 4.88 Å². The van der Waals surface area contributed by atoms with Crippen molar-refractivity contribution in [3.05, 3.63) is 61.1 Å². The molecule has 3 aromatic rings. The Balaban J connectivity index is 2.45. The molecule has 0 amide bonds. The van der Waals surface area contributed by atoms with Gasteiger partial charge in [0.05, 0.1) is 16.2 Å². The van der Waals surface area contributed by atoms with Crippen molar-refractivity contribution in [2.75, 3.05) is 0 Å². The van der Waals surface area contributed by atoms with Gasteiger partial charge in [0, 0.05) is 0 Å². The molecule has 0 fully saturated rings. The van der Waals surface area contributed by atoms with Gasteiger partial charge in [-0.05, 0) is 18.2 Å². The molecule has 0 saturated carbocycles. The van der Waals surface area contributed by atoms with E-state index in [-0.39, 0.29) is 32.3 Å². The van der Waals surface area contributed by atoms with Crippen LogP contribution in [0.15, 0.2) is 39.9 Å². The van der Waals surface area contributed by atoms with Crippen LogP contribution in [-0.4, -0.2) is 9.55 Å². The predicted octanol–water partition coefficient (Wildman–Crippen LogP) is 3.41. The quantitative estimate of drug-likeness (QED) is 0.734. The van der Waals surface area contributed by atoms with E-state index in [1.54, 1.807) is 12.1 Å². The number of nitrogens with one attached hydrogen (secondary N) is 1. The van der Waals surface area contributed by atoms with E-state index in [2.05, 4.69) is 0 Å². The van der Waals surface area contributed by atoms with E-state index in [0.29, 0.717) is 0 Å². The molecule has 0 aliphatic carbocycles. The fraction of sp³-hybridized carbons (Fsp3) is 0.0769. The lowest BCUT2D eigenvalue weighted by Crippen LogP contribution is -2.28. The summed E-state index contributed by atoms with van der Waals surface area (Å²) >= 11 is 6.28. The van der Waals surface area contributed by atoms with E-state index >= 15 is 0 Å². The van der Waals surface area contributed by atoms with Crippen molar-refractivity contribution >= 4 is 33.2 Å². The van der Waals surface area contributed by atoms with E-state index in [4.69, 9.17) is 11.6 Å². The van der Waals surface area contributed by atoms with Crippen LogP contribution in [0.2, 0.25) is 5.02 Å². The standard InChI is InChI=1S/C13H6ClF3N2O2S/c14-6-3-1-2-4-7(6)19-8-5-9(13(15,16)17)22-10(8)11(20)18-12(19)21/h1-5H,(H,18,20,21). The van der Waals surface area contributed by atoms with E-state index in [0.717, 1.165) is 10.6 Å². The zero-order valence-corrected chi connectivity index (χ0v) is 12.1. The molecular formula is C13H6ClF3N2O2S. The highest BCUT2D eigenvalue weighted by molar-refractivity contribution is 7.19. The first-order chi connectivity index (χ1) is 10.3. The van der Waals surface area contributed by atoms with E-state index < -0.39 is 22.3 Å². The summed E-state index contributed by atoms with van der Waals surface area (Å²) in [6.07, 6.45) is -4.60. The maximum atomic E-state index is 12.9. The first kappa shape index (κ1) is 14.9. The van der Waals surface area contributed by atoms with Crippen LogP contribution in [0.5, 0.6) is 0 Å². The molecule has 1 N–H and O–H groups in total. The number of aromatic amines is 1. The summed E-state index contributed by atoms with van der Waals surface area (Å²) in [7, 11) is 0. The third-order valence-corrected chi connectivity index (χ3v) is 4.44. The van der Waals surface area contributed by atoms with Crippen LogP contribution >= 0.6 is 22.9 Å². The Morgan fingerprint density at radius 2 is 1.86 bits per heavy atom. The molecule has 0 radical (unpaired) electrons. The van der Waals surface area contributed by atoms with E-state index in [1.165, 1.54) is 12.1 Å². The van der Waals surface area contributed by atoms with Gasteiger partial charge in [0.1, 0.15) is 9.58 Å². The largest absolute Gasteiger partial charge is 0.425 e. The van der Waals surface area contributed by atoms with Gasteiger partial charge < -0.3 is 0 Å². The molecule has 2 aromatic heterocycles. The van der Waals surface area contributed by atoms with Crippen molar-refractivity contribution in [3.8, 4) is 5.69 Å². The van der Waals surface area contributed by atoms with E-state index in [9.17, 15) is 22.8 Å². The number of H-pyrrole nitrogens is 1. The van der Waals surface area contributed by atoms with Gasteiger partial charge in [-0.15, -0.1) is 11.3 Å². The molecule has 4 nitrogen and oxygen atoms in total. The number of hydrogen-bond acceptors (Lipinski definition) is 3. The van der Waals surface area contributed by atoms with Crippen molar-refractivity contribution in [1.29, 1.82) is 0 Å². The highest BCUT2D eigenvalue weighted by Crippen LogP contribution is 2.37. The Hall–Kier alpha value is -2.06. The maximum absolute atomic E-state index is 12.9. The van der Waals surface area contributed by atoms with Crippen LogP contribution in [-0.2, 0) is 6.18 Å². The molecule has 0 aliphatic heterocycles. The molecule has 0 bridgehead atoms. The highest BCUT2D eigenvalue weighted by atomic mass is 35.5. The number of rotatable bonds is 1. The third-order valence-electron chi connectivity index (χ3n) is 2.96. The van der Waals surface area contributed by atoms with Crippen LogP contribution in [0.4, 0.5) is 13.2 Å². The Morgan fingerprint density at radius 1 is 1.18 bits per heavy atom. The van der Waals surface area contributed by atoms with Crippen LogP contribution < -0.4 is 11.2 Å². The van der Waals surface area contributed by atoms with E-state index in [1.807, 2.05) is 4.98 Å². The number of thiophene rings is 1. The molecular weight excluding hydrogens is 341 g/mol. The molecule has 114 valence electrons. The topological polar surface area (TPSA) is 54.9 Å². The SMILES string of the molecule is O=c1[nH]c(=O)n(-c2ccccc2Cl)c2cc(C(F)(F)F)sc12. The van der Waals surface area contributed by atoms with Gasteiger partial charge in [-0.2, -0.15) is 13.2 Å². The molecule has 1 aromatic carbocycles. The predicted molar refractivity (Wildman–Crippen MR) is 78.1 cm³/mol. The second-order valence-electron chi connectivity index (χ2n) is 4.37. The monoisotopic (exact) mass is 346 g/mol. The Labute approximate surface area is 129 Å².